The Hall–Kier alpha value is -1.05. The lowest BCUT2D eigenvalue weighted by Crippen LogP contribution is -2.20. The van der Waals surface area contributed by atoms with E-state index in [0.29, 0.717) is 0 Å². The first kappa shape index (κ1) is 8.54. The highest BCUT2D eigenvalue weighted by atomic mass is 15.2. The van der Waals surface area contributed by atoms with Gasteiger partial charge in [0.2, 0.25) is 0 Å². The Labute approximate surface area is 79.6 Å². The average Bonchev–Trinajstić information content (AvgIpc) is 2.67. The zero-order chi connectivity index (χ0) is 9.10. The summed E-state index contributed by atoms with van der Waals surface area (Å²) in [6.45, 7) is 4.63. The van der Waals surface area contributed by atoms with Crippen LogP contribution in [0.2, 0.25) is 0 Å². The Morgan fingerprint density at radius 2 is 2.46 bits per heavy atom. The van der Waals surface area contributed by atoms with Crippen LogP contribution in [0, 0.1) is 5.92 Å². The summed E-state index contributed by atoms with van der Waals surface area (Å²) >= 11 is 0. The van der Waals surface area contributed by atoms with Crippen molar-refractivity contribution in [2.45, 2.75) is 19.8 Å². The number of aromatic nitrogens is 1. The van der Waals surface area contributed by atoms with Gasteiger partial charge in [0.05, 0.1) is 0 Å². The number of pyridine rings is 1. The fourth-order valence-electron chi connectivity index (χ4n) is 1.91. The van der Waals surface area contributed by atoms with Crippen molar-refractivity contribution in [1.82, 2.24) is 4.98 Å². The molecule has 1 atom stereocenters. The second kappa shape index (κ2) is 3.77. The van der Waals surface area contributed by atoms with E-state index in [0.717, 1.165) is 11.7 Å². The number of hydrogen-bond acceptors (Lipinski definition) is 2. The van der Waals surface area contributed by atoms with E-state index in [-0.39, 0.29) is 0 Å². The maximum atomic E-state index is 4.36. The van der Waals surface area contributed by atoms with Gasteiger partial charge in [-0.2, -0.15) is 0 Å². The number of rotatable bonds is 2. The third-order valence-electron chi connectivity index (χ3n) is 2.84. The molecule has 2 rings (SSSR count). The first-order valence-corrected chi connectivity index (χ1v) is 5.06. The number of hydrogen-bond donors (Lipinski definition) is 0. The predicted octanol–water partition coefficient (Wildman–Crippen LogP) is 2.32. The van der Waals surface area contributed by atoms with Gasteiger partial charge in [0.1, 0.15) is 5.82 Å². The van der Waals surface area contributed by atoms with Crippen LogP contribution in [0.4, 0.5) is 5.82 Å². The molecule has 0 N–H and O–H groups in total. The molecule has 13 heavy (non-hydrogen) atoms. The summed E-state index contributed by atoms with van der Waals surface area (Å²) in [5.41, 5.74) is 0. The van der Waals surface area contributed by atoms with Crippen LogP contribution >= 0.6 is 0 Å². The number of anilines is 1. The van der Waals surface area contributed by atoms with Gasteiger partial charge in [-0.1, -0.05) is 19.4 Å². The molecule has 2 heterocycles. The van der Waals surface area contributed by atoms with Gasteiger partial charge < -0.3 is 4.90 Å². The Morgan fingerprint density at radius 3 is 3.08 bits per heavy atom. The van der Waals surface area contributed by atoms with Crippen molar-refractivity contribution in [2.75, 3.05) is 18.0 Å². The summed E-state index contributed by atoms with van der Waals surface area (Å²) in [7, 11) is 0. The molecule has 0 spiro atoms. The molecule has 1 aromatic rings. The van der Waals surface area contributed by atoms with Crippen LogP contribution in [0.5, 0.6) is 0 Å². The zero-order valence-corrected chi connectivity index (χ0v) is 8.11. The van der Waals surface area contributed by atoms with Crippen molar-refractivity contribution in [3.63, 3.8) is 0 Å². The molecule has 1 aromatic heterocycles. The minimum Gasteiger partial charge on any atom is -0.356 e. The Bertz CT molecular complexity index is 258. The Morgan fingerprint density at radius 1 is 1.54 bits per heavy atom. The molecule has 1 fully saturated rings. The summed E-state index contributed by atoms with van der Waals surface area (Å²) in [6, 6.07) is 6.12. The fraction of sp³-hybridized carbons (Fsp3) is 0.545. The first-order chi connectivity index (χ1) is 6.40. The second-order valence-corrected chi connectivity index (χ2v) is 3.70. The highest BCUT2D eigenvalue weighted by Crippen LogP contribution is 2.23. The third kappa shape index (κ3) is 1.82. The lowest BCUT2D eigenvalue weighted by molar-refractivity contribution is 0.569. The standard InChI is InChI=1S/C11H16N2/c1-2-10-6-8-13(9-10)11-5-3-4-7-12-11/h3-5,7,10H,2,6,8-9H2,1H3/t10-/m1/s1. The van der Waals surface area contributed by atoms with Gasteiger partial charge in [-0.15, -0.1) is 0 Å². The molecule has 0 aliphatic carbocycles. The monoisotopic (exact) mass is 176 g/mol. The maximum absolute atomic E-state index is 4.36. The van der Waals surface area contributed by atoms with Crippen LogP contribution in [0.1, 0.15) is 19.8 Å². The predicted molar refractivity (Wildman–Crippen MR) is 54.8 cm³/mol. The van der Waals surface area contributed by atoms with Crippen LogP contribution in [0.25, 0.3) is 0 Å². The van der Waals surface area contributed by atoms with Crippen molar-refractivity contribution in [2.24, 2.45) is 5.92 Å². The summed E-state index contributed by atoms with van der Waals surface area (Å²) in [5, 5.41) is 0. The Kier molecular flexibility index (Phi) is 2.48. The van der Waals surface area contributed by atoms with Gasteiger partial charge in [0.25, 0.3) is 0 Å². The van der Waals surface area contributed by atoms with Crippen LogP contribution in [0.15, 0.2) is 24.4 Å². The van der Waals surface area contributed by atoms with Crippen LogP contribution < -0.4 is 4.90 Å². The van der Waals surface area contributed by atoms with Gasteiger partial charge in [0.15, 0.2) is 0 Å². The van der Waals surface area contributed by atoms with Crippen molar-refractivity contribution in [1.29, 1.82) is 0 Å². The summed E-state index contributed by atoms with van der Waals surface area (Å²) < 4.78 is 0. The molecule has 2 heteroatoms. The van der Waals surface area contributed by atoms with Gasteiger partial charge in [0, 0.05) is 19.3 Å². The molecule has 0 aromatic carbocycles. The Balaban J connectivity index is 2.04. The minimum atomic E-state index is 0.877. The maximum Gasteiger partial charge on any atom is 0.128 e. The molecular weight excluding hydrogens is 160 g/mol. The molecule has 1 saturated heterocycles. The average molecular weight is 176 g/mol. The van der Waals surface area contributed by atoms with Crippen molar-refractivity contribution in [3.05, 3.63) is 24.4 Å². The lowest BCUT2D eigenvalue weighted by atomic mass is 10.1. The van der Waals surface area contributed by atoms with E-state index in [1.165, 1.54) is 25.9 Å². The summed E-state index contributed by atoms with van der Waals surface area (Å²) in [5.74, 6) is 2.01. The van der Waals surface area contributed by atoms with Gasteiger partial charge in [-0.05, 0) is 24.5 Å². The summed E-state index contributed by atoms with van der Waals surface area (Å²) in [6.07, 6.45) is 4.49. The molecule has 0 amide bonds. The highest BCUT2D eigenvalue weighted by molar-refractivity contribution is 5.38. The molecule has 2 nitrogen and oxygen atoms in total. The molecule has 0 unspecified atom stereocenters. The van der Waals surface area contributed by atoms with Gasteiger partial charge in [-0.3, -0.25) is 0 Å². The van der Waals surface area contributed by atoms with Crippen molar-refractivity contribution >= 4 is 5.82 Å². The molecular formula is C11H16N2. The zero-order valence-electron chi connectivity index (χ0n) is 8.11. The van der Waals surface area contributed by atoms with E-state index < -0.39 is 0 Å². The smallest absolute Gasteiger partial charge is 0.128 e. The van der Waals surface area contributed by atoms with E-state index in [4.69, 9.17) is 0 Å². The third-order valence-corrected chi connectivity index (χ3v) is 2.84. The van der Waals surface area contributed by atoms with E-state index in [1.807, 2.05) is 12.3 Å². The van der Waals surface area contributed by atoms with E-state index in [9.17, 15) is 0 Å². The minimum absolute atomic E-state index is 0.877. The second-order valence-electron chi connectivity index (χ2n) is 3.70. The largest absolute Gasteiger partial charge is 0.356 e. The number of nitrogens with zero attached hydrogens (tertiary/aromatic N) is 2. The summed E-state index contributed by atoms with van der Waals surface area (Å²) in [4.78, 5) is 6.74. The first-order valence-electron chi connectivity index (χ1n) is 5.06. The highest BCUT2D eigenvalue weighted by Gasteiger charge is 2.21. The molecule has 1 aliphatic heterocycles. The SMILES string of the molecule is CC[C@@H]1CCN(c2ccccn2)C1. The molecule has 1 aliphatic rings. The van der Waals surface area contributed by atoms with Gasteiger partial charge in [-0.25, -0.2) is 4.98 Å². The van der Waals surface area contributed by atoms with Crippen LogP contribution in [-0.4, -0.2) is 18.1 Å². The van der Waals surface area contributed by atoms with E-state index in [2.05, 4.69) is 28.9 Å². The normalized spacial score (nSPS) is 22.2. The molecule has 0 bridgehead atoms. The topological polar surface area (TPSA) is 16.1 Å². The van der Waals surface area contributed by atoms with Crippen molar-refractivity contribution < 1.29 is 0 Å². The molecule has 0 radical (unpaired) electrons. The molecule has 0 saturated carbocycles. The van der Waals surface area contributed by atoms with E-state index >= 15 is 0 Å². The van der Waals surface area contributed by atoms with Crippen LogP contribution in [0.3, 0.4) is 0 Å². The van der Waals surface area contributed by atoms with Crippen molar-refractivity contribution in [3.8, 4) is 0 Å². The fourth-order valence-corrected chi connectivity index (χ4v) is 1.91. The van der Waals surface area contributed by atoms with E-state index in [1.54, 1.807) is 0 Å². The quantitative estimate of drug-likeness (QED) is 0.687. The van der Waals surface area contributed by atoms with Gasteiger partial charge >= 0.3 is 0 Å². The molecule has 70 valence electrons. The van der Waals surface area contributed by atoms with Crippen LogP contribution in [-0.2, 0) is 0 Å². The lowest BCUT2D eigenvalue weighted by Gasteiger charge is -2.16.